The molecule has 1 aliphatic heterocycles. The van der Waals surface area contributed by atoms with Gasteiger partial charge in [0, 0.05) is 32.2 Å². The lowest BCUT2D eigenvalue weighted by Gasteiger charge is -2.39. The number of rotatable bonds is 7. The molecule has 148 valence electrons. The van der Waals surface area contributed by atoms with Crippen molar-refractivity contribution in [3.05, 3.63) is 71.8 Å². The van der Waals surface area contributed by atoms with E-state index in [1.807, 2.05) is 0 Å². The Kier molecular flexibility index (Phi) is 6.08. The van der Waals surface area contributed by atoms with E-state index in [0.29, 0.717) is 18.5 Å². The van der Waals surface area contributed by atoms with Gasteiger partial charge < -0.3 is 5.32 Å². The molecule has 1 amide bonds. The van der Waals surface area contributed by atoms with Crippen LogP contribution in [0.5, 0.6) is 0 Å². The van der Waals surface area contributed by atoms with Crippen molar-refractivity contribution in [2.24, 2.45) is 5.92 Å². The van der Waals surface area contributed by atoms with Crippen LogP contribution < -0.4 is 5.32 Å². The van der Waals surface area contributed by atoms with Crippen LogP contribution in [0.1, 0.15) is 36.9 Å². The Balaban J connectivity index is 1.37. The van der Waals surface area contributed by atoms with Crippen LogP contribution in [0.25, 0.3) is 0 Å². The quantitative estimate of drug-likeness (QED) is 0.804. The summed E-state index contributed by atoms with van der Waals surface area (Å²) in [6.07, 6.45) is 2.53. The first-order chi connectivity index (χ1) is 13.7. The van der Waals surface area contributed by atoms with E-state index in [0.717, 1.165) is 26.2 Å². The molecule has 1 unspecified atom stereocenters. The van der Waals surface area contributed by atoms with E-state index in [4.69, 9.17) is 0 Å². The summed E-state index contributed by atoms with van der Waals surface area (Å²) in [6.45, 7) is 6.46. The standard InChI is InChI=1S/C24H31N3O/c1-19(20-12-13-20)25-23(28)18-26-14-16-27(17-15-26)24(21-8-4-2-5-9-21)22-10-6-3-7-11-22/h2-11,19-20,24H,12-18H2,1H3,(H,25,28). The van der Waals surface area contributed by atoms with Gasteiger partial charge in [0.25, 0.3) is 0 Å². The number of nitrogens with one attached hydrogen (secondary N) is 1. The first-order valence-corrected chi connectivity index (χ1v) is 10.6. The number of carbonyl (C=O) groups excluding carboxylic acids is 1. The molecule has 1 N–H and O–H groups in total. The fourth-order valence-corrected chi connectivity index (χ4v) is 4.28. The summed E-state index contributed by atoms with van der Waals surface area (Å²) in [6, 6.07) is 22.1. The first-order valence-electron chi connectivity index (χ1n) is 10.6. The average molecular weight is 378 g/mol. The molecule has 1 saturated carbocycles. The molecule has 4 heteroatoms. The number of amides is 1. The predicted molar refractivity (Wildman–Crippen MR) is 113 cm³/mol. The molecule has 0 aromatic heterocycles. The third-order valence-electron chi connectivity index (χ3n) is 6.09. The second-order valence-electron chi connectivity index (χ2n) is 8.23. The molecule has 2 aliphatic rings. The number of piperazine rings is 1. The molecule has 4 rings (SSSR count). The van der Waals surface area contributed by atoms with Crippen molar-refractivity contribution in [1.29, 1.82) is 0 Å². The second-order valence-corrected chi connectivity index (χ2v) is 8.23. The third kappa shape index (κ3) is 4.81. The summed E-state index contributed by atoms with van der Waals surface area (Å²) >= 11 is 0. The highest BCUT2D eigenvalue weighted by atomic mass is 16.2. The van der Waals surface area contributed by atoms with E-state index in [-0.39, 0.29) is 11.9 Å². The molecular formula is C24H31N3O. The van der Waals surface area contributed by atoms with E-state index in [2.05, 4.69) is 82.7 Å². The van der Waals surface area contributed by atoms with Crippen LogP contribution in [-0.4, -0.2) is 54.5 Å². The zero-order valence-corrected chi connectivity index (χ0v) is 16.8. The van der Waals surface area contributed by atoms with Gasteiger partial charge in [0.2, 0.25) is 5.91 Å². The van der Waals surface area contributed by atoms with Gasteiger partial charge in [-0.1, -0.05) is 60.7 Å². The molecule has 2 fully saturated rings. The van der Waals surface area contributed by atoms with Crippen molar-refractivity contribution in [3.8, 4) is 0 Å². The number of benzene rings is 2. The Bertz CT molecular complexity index is 712. The van der Waals surface area contributed by atoms with Crippen molar-refractivity contribution in [1.82, 2.24) is 15.1 Å². The van der Waals surface area contributed by atoms with Gasteiger partial charge in [0.1, 0.15) is 0 Å². The molecule has 1 heterocycles. The van der Waals surface area contributed by atoms with Crippen molar-refractivity contribution < 1.29 is 4.79 Å². The highest BCUT2D eigenvalue weighted by molar-refractivity contribution is 5.78. The monoisotopic (exact) mass is 377 g/mol. The van der Waals surface area contributed by atoms with Crippen LogP contribution in [0.3, 0.4) is 0 Å². The topological polar surface area (TPSA) is 35.6 Å². The Morgan fingerprint density at radius 3 is 1.96 bits per heavy atom. The minimum Gasteiger partial charge on any atom is -0.352 e. The fourth-order valence-electron chi connectivity index (χ4n) is 4.28. The fraction of sp³-hybridized carbons (Fsp3) is 0.458. The number of hydrogen-bond donors (Lipinski definition) is 1. The summed E-state index contributed by atoms with van der Waals surface area (Å²) in [5, 5.41) is 3.18. The summed E-state index contributed by atoms with van der Waals surface area (Å²) < 4.78 is 0. The molecule has 4 nitrogen and oxygen atoms in total. The number of carbonyl (C=O) groups is 1. The zero-order valence-electron chi connectivity index (χ0n) is 16.8. The van der Waals surface area contributed by atoms with Gasteiger partial charge in [-0.25, -0.2) is 0 Å². The molecule has 1 atom stereocenters. The van der Waals surface area contributed by atoms with Crippen molar-refractivity contribution in [2.75, 3.05) is 32.7 Å². The average Bonchev–Trinajstić information content (AvgIpc) is 3.57. The van der Waals surface area contributed by atoms with Gasteiger partial charge in [0.05, 0.1) is 12.6 Å². The summed E-state index contributed by atoms with van der Waals surface area (Å²) in [4.78, 5) is 17.2. The molecule has 0 radical (unpaired) electrons. The Morgan fingerprint density at radius 2 is 1.46 bits per heavy atom. The van der Waals surface area contributed by atoms with Gasteiger partial charge in [-0.3, -0.25) is 14.6 Å². The smallest absolute Gasteiger partial charge is 0.234 e. The number of hydrogen-bond acceptors (Lipinski definition) is 3. The predicted octanol–water partition coefficient (Wildman–Crippen LogP) is 3.31. The van der Waals surface area contributed by atoms with E-state index in [1.54, 1.807) is 0 Å². The van der Waals surface area contributed by atoms with Gasteiger partial charge in [-0.2, -0.15) is 0 Å². The maximum Gasteiger partial charge on any atom is 0.234 e. The molecule has 0 spiro atoms. The van der Waals surface area contributed by atoms with Gasteiger partial charge in [0.15, 0.2) is 0 Å². The molecule has 1 aliphatic carbocycles. The molecule has 2 aromatic rings. The summed E-state index contributed by atoms with van der Waals surface area (Å²) in [7, 11) is 0. The lowest BCUT2D eigenvalue weighted by atomic mass is 9.96. The number of nitrogens with zero attached hydrogens (tertiary/aromatic N) is 2. The zero-order chi connectivity index (χ0) is 19.3. The second kappa shape index (κ2) is 8.89. The Hall–Kier alpha value is -2.17. The lowest BCUT2D eigenvalue weighted by Crippen LogP contribution is -2.51. The van der Waals surface area contributed by atoms with Crippen LogP contribution >= 0.6 is 0 Å². The van der Waals surface area contributed by atoms with E-state index < -0.39 is 0 Å². The van der Waals surface area contributed by atoms with Crippen LogP contribution in [0.2, 0.25) is 0 Å². The maximum atomic E-state index is 12.3. The van der Waals surface area contributed by atoms with Crippen LogP contribution in [0.4, 0.5) is 0 Å². The highest BCUT2D eigenvalue weighted by Gasteiger charge is 2.30. The van der Waals surface area contributed by atoms with Gasteiger partial charge >= 0.3 is 0 Å². The molecule has 1 saturated heterocycles. The Labute approximate surface area is 168 Å². The summed E-state index contributed by atoms with van der Waals surface area (Å²) in [5.74, 6) is 0.883. The van der Waals surface area contributed by atoms with Gasteiger partial charge in [-0.15, -0.1) is 0 Å². The molecule has 2 aromatic carbocycles. The molecule has 28 heavy (non-hydrogen) atoms. The van der Waals surface area contributed by atoms with Crippen LogP contribution in [0.15, 0.2) is 60.7 Å². The summed E-state index contributed by atoms with van der Waals surface area (Å²) in [5.41, 5.74) is 2.66. The van der Waals surface area contributed by atoms with Crippen LogP contribution in [0, 0.1) is 5.92 Å². The lowest BCUT2D eigenvalue weighted by molar-refractivity contribution is -0.123. The van der Waals surface area contributed by atoms with Crippen molar-refractivity contribution in [2.45, 2.75) is 31.8 Å². The van der Waals surface area contributed by atoms with Crippen molar-refractivity contribution in [3.63, 3.8) is 0 Å². The first kappa shape index (κ1) is 19.2. The minimum absolute atomic E-state index is 0.176. The Morgan fingerprint density at radius 1 is 0.929 bits per heavy atom. The van der Waals surface area contributed by atoms with E-state index in [9.17, 15) is 4.79 Å². The highest BCUT2D eigenvalue weighted by Crippen LogP contribution is 2.32. The normalized spacial score (nSPS) is 19.5. The minimum atomic E-state index is 0.176. The maximum absolute atomic E-state index is 12.3. The third-order valence-corrected chi connectivity index (χ3v) is 6.09. The molecule has 0 bridgehead atoms. The van der Waals surface area contributed by atoms with E-state index >= 15 is 0 Å². The largest absolute Gasteiger partial charge is 0.352 e. The van der Waals surface area contributed by atoms with Gasteiger partial charge in [-0.05, 0) is 36.8 Å². The van der Waals surface area contributed by atoms with Crippen LogP contribution in [-0.2, 0) is 4.79 Å². The molecular weight excluding hydrogens is 346 g/mol. The SMILES string of the molecule is CC(NC(=O)CN1CCN(C(c2ccccc2)c2ccccc2)CC1)C1CC1. The van der Waals surface area contributed by atoms with E-state index in [1.165, 1.54) is 24.0 Å². The van der Waals surface area contributed by atoms with Crippen molar-refractivity contribution >= 4 is 5.91 Å².